The molecule has 0 radical (unpaired) electrons. The lowest BCUT2D eigenvalue weighted by Gasteiger charge is -2.35. The Balaban J connectivity index is 1.74. The van der Waals surface area contributed by atoms with Crippen molar-refractivity contribution in [3.8, 4) is 0 Å². The van der Waals surface area contributed by atoms with Gasteiger partial charge < -0.3 is 15.1 Å². The van der Waals surface area contributed by atoms with Crippen molar-refractivity contribution in [1.82, 2.24) is 15.1 Å². The van der Waals surface area contributed by atoms with Gasteiger partial charge in [0.05, 0.1) is 6.04 Å². The van der Waals surface area contributed by atoms with Gasteiger partial charge in [-0.2, -0.15) is 0 Å². The number of carbonyl (C=O) groups excluding carboxylic acids is 1. The van der Waals surface area contributed by atoms with E-state index in [0.717, 1.165) is 38.9 Å². The smallest absolute Gasteiger partial charge is 0.320 e. The summed E-state index contributed by atoms with van der Waals surface area (Å²) in [6.45, 7) is 7.66. The first-order valence-corrected chi connectivity index (χ1v) is 8.96. The van der Waals surface area contributed by atoms with E-state index in [0.29, 0.717) is 30.1 Å². The highest BCUT2D eigenvalue weighted by Gasteiger charge is 2.44. The minimum atomic E-state index is 0.347. The van der Waals surface area contributed by atoms with Crippen LogP contribution in [0.25, 0.3) is 0 Å². The Morgan fingerprint density at radius 3 is 2.38 bits per heavy atom. The summed E-state index contributed by atoms with van der Waals surface area (Å²) in [4.78, 5) is 17.5. The number of nitrogens with one attached hydrogen (secondary N) is 1. The van der Waals surface area contributed by atoms with Crippen LogP contribution < -0.4 is 5.32 Å². The predicted octanol–water partition coefficient (Wildman–Crippen LogP) is 2.83. The van der Waals surface area contributed by atoms with Gasteiger partial charge in [-0.25, -0.2) is 4.79 Å². The van der Waals surface area contributed by atoms with Gasteiger partial charge in [0.15, 0.2) is 0 Å². The van der Waals surface area contributed by atoms with Gasteiger partial charge in [0.1, 0.15) is 0 Å². The Morgan fingerprint density at radius 2 is 1.76 bits per heavy atom. The highest BCUT2D eigenvalue weighted by atomic mass is 16.2. The fourth-order valence-corrected chi connectivity index (χ4v) is 4.49. The van der Waals surface area contributed by atoms with Gasteiger partial charge in [-0.1, -0.05) is 26.7 Å². The quantitative estimate of drug-likeness (QED) is 0.865. The molecular weight excluding hydrogens is 262 g/mol. The van der Waals surface area contributed by atoms with E-state index in [1.165, 1.54) is 25.7 Å². The number of carbonyl (C=O) groups is 1. The third-order valence-electron chi connectivity index (χ3n) is 5.48. The van der Waals surface area contributed by atoms with Crippen molar-refractivity contribution in [1.29, 1.82) is 0 Å². The van der Waals surface area contributed by atoms with Crippen LogP contribution in [0, 0.1) is 5.92 Å². The van der Waals surface area contributed by atoms with Crippen molar-refractivity contribution in [3.63, 3.8) is 0 Å². The number of piperidine rings is 1. The van der Waals surface area contributed by atoms with E-state index in [1.54, 1.807) is 0 Å². The van der Waals surface area contributed by atoms with E-state index in [9.17, 15) is 4.79 Å². The Kier molecular flexibility index (Phi) is 4.72. The molecular formula is C17H31N3O. The summed E-state index contributed by atoms with van der Waals surface area (Å²) in [5.74, 6) is 0.663. The molecule has 1 N–H and O–H groups in total. The minimum Gasteiger partial charge on any atom is -0.320 e. The molecule has 2 amide bonds. The zero-order valence-electron chi connectivity index (χ0n) is 13.7. The van der Waals surface area contributed by atoms with E-state index in [4.69, 9.17) is 0 Å². The molecule has 0 bridgehead atoms. The second-order valence-electron chi connectivity index (χ2n) is 7.55. The lowest BCUT2D eigenvalue weighted by molar-refractivity contribution is 0.139. The van der Waals surface area contributed by atoms with Crippen LogP contribution in [-0.2, 0) is 0 Å². The largest absolute Gasteiger partial charge is 0.320 e. The molecule has 0 spiro atoms. The second kappa shape index (κ2) is 6.55. The summed E-state index contributed by atoms with van der Waals surface area (Å²) in [6.07, 6.45) is 8.45. The summed E-state index contributed by atoms with van der Waals surface area (Å²) >= 11 is 0. The molecule has 4 nitrogen and oxygen atoms in total. The Labute approximate surface area is 129 Å². The molecule has 0 aromatic rings. The van der Waals surface area contributed by atoms with Crippen molar-refractivity contribution in [2.75, 3.05) is 19.6 Å². The zero-order chi connectivity index (χ0) is 14.8. The fourth-order valence-electron chi connectivity index (χ4n) is 4.49. The van der Waals surface area contributed by atoms with Gasteiger partial charge >= 0.3 is 6.03 Å². The molecule has 0 aromatic heterocycles. The third kappa shape index (κ3) is 3.20. The van der Waals surface area contributed by atoms with E-state index in [1.807, 2.05) is 0 Å². The maximum absolute atomic E-state index is 13.0. The zero-order valence-corrected chi connectivity index (χ0v) is 13.7. The standard InChI is InChI=1S/C17H31N3O/c1-13(2)11-16-12-19(14-5-3-4-6-14)17(21)20(16)15-7-9-18-10-8-15/h13-16,18H,3-12H2,1-2H3/t16-/m1/s1. The lowest BCUT2D eigenvalue weighted by Crippen LogP contribution is -2.49. The molecule has 1 aliphatic carbocycles. The van der Waals surface area contributed by atoms with Crippen molar-refractivity contribution < 1.29 is 4.79 Å². The number of hydrogen-bond acceptors (Lipinski definition) is 2. The second-order valence-corrected chi connectivity index (χ2v) is 7.55. The van der Waals surface area contributed by atoms with Crippen molar-refractivity contribution in [2.24, 2.45) is 5.92 Å². The average molecular weight is 293 g/mol. The number of nitrogens with zero attached hydrogens (tertiary/aromatic N) is 2. The van der Waals surface area contributed by atoms with Crippen molar-refractivity contribution >= 4 is 6.03 Å². The average Bonchev–Trinajstić information content (AvgIpc) is 3.07. The molecule has 2 heterocycles. The third-order valence-corrected chi connectivity index (χ3v) is 5.48. The van der Waals surface area contributed by atoms with E-state index >= 15 is 0 Å². The number of amides is 2. The molecule has 3 fully saturated rings. The normalized spacial score (nSPS) is 29.1. The number of urea groups is 1. The number of hydrogen-bond donors (Lipinski definition) is 1. The predicted molar refractivity (Wildman–Crippen MR) is 85.3 cm³/mol. The summed E-state index contributed by atoms with van der Waals surface area (Å²) in [6, 6.07) is 1.79. The van der Waals surface area contributed by atoms with Crippen LogP contribution in [0.1, 0.15) is 58.8 Å². The first-order chi connectivity index (χ1) is 10.2. The first kappa shape index (κ1) is 15.1. The van der Waals surface area contributed by atoms with Crippen LogP contribution >= 0.6 is 0 Å². The highest BCUT2D eigenvalue weighted by Crippen LogP contribution is 2.33. The highest BCUT2D eigenvalue weighted by molar-refractivity contribution is 5.78. The Morgan fingerprint density at radius 1 is 1.10 bits per heavy atom. The fraction of sp³-hybridized carbons (Fsp3) is 0.941. The molecule has 3 rings (SSSR count). The van der Waals surface area contributed by atoms with Crippen LogP contribution in [-0.4, -0.2) is 53.6 Å². The van der Waals surface area contributed by atoms with Gasteiger partial charge in [-0.3, -0.25) is 0 Å². The van der Waals surface area contributed by atoms with Crippen LogP contribution in [0.3, 0.4) is 0 Å². The summed E-state index contributed by atoms with van der Waals surface area (Å²) in [5, 5.41) is 3.42. The molecule has 0 unspecified atom stereocenters. The Bertz CT molecular complexity index is 359. The number of rotatable bonds is 4. The van der Waals surface area contributed by atoms with E-state index < -0.39 is 0 Å². The molecule has 21 heavy (non-hydrogen) atoms. The lowest BCUT2D eigenvalue weighted by atomic mass is 9.99. The van der Waals surface area contributed by atoms with Gasteiger partial charge in [0, 0.05) is 18.6 Å². The van der Waals surface area contributed by atoms with Gasteiger partial charge in [0.2, 0.25) is 0 Å². The van der Waals surface area contributed by atoms with Crippen molar-refractivity contribution in [2.45, 2.75) is 76.9 Å². The maximum Gasteiger partial charge on any atom is 0.320 e. The molecule has 2 saturated heterocycles. The molecule has 120 valence electrons. The molecule has 2 aliphatic heterocycles. The van der Waals surface area contributed by atoms with Gasteiger partial charge in [-0.05, 0) is 51.1 Å². The van der Waals surface area contributed by atoms with E-state index in [2.05, 4.69) is 29.0 Å². The molecule has 1 atom stereocenters. The first-order valence-electron chi connectivity index (χ1n) is 8.96. The molecule has 1 saturated carbocycles. The molecule has 3 aliphatic rings. The van der Waals surface area contributed by atoms with Gasteiger partial charge in [0.25, 0.3) is 0 Å². The van der Waals surface area contributed by atoms with E-state index in [-0.39, 0.29) is 0 Å². The summed E-state index contributed by atoms with van der Waals surface area (Å²) in [7, 11) is 0. The molecule has 0 aromatic carbocycles. The summed E-state index contributed by atoms with van der Waals surface area (Å²) in [5.41, 5.74) is 0. The van der Waals surface area contributed by atoms with Crippen molar-refractivity contribution in [3.05, 3.63) is 0 Å². The van der Waals surface area contributed by atoms with Crippen LogP contribution in [0.15, 0.2) is 0 Å². The van der Waals surface area contributed by atoms with Crippen LogP contribution in [0.4, 0.5) is 4.79 Å². The minimum absolute atomic E-state index is 0.347. The van der Waals surface area contributed by atoms with Crippen LogP contribution in [0.5, 0.6) is 0 Å². The Hall–Kier alpha value is -0.770. The summed E-state index contributed by atoms with van der Waals surface area (Å²) < 4.78 is 0. The SMILES string of the molecule is CC(C)C[C@@H]1CN(C2CCCC2)C(=O)N1C1CCNCC1. The monoisotopic (exact) mass is 293 g/mol. The van der Waals surface area contributed by atoms with Gasteiger partial charge in [-0.15, -0.1) is 0 Å². The topological polar surface area (TPSA) is 35.6 Å². The maximum atomic E-state index is 13.0. The molecule has 4 heteroatoms. The van der Waals surface area contributed by atoms with Crippen LogP contribution in [0.2, 0.25) is 0 Å².